The van der Waals surface area contributed by atoms with Gasteiger partial charge in [-0.25, -0.2) is 0 Å². The third-order valence-electron chi connectivity index (χ3n) is 2.91. The number of nitrogens with one attached hydrogen (secondary N) is 1. The summed E-state index contributed by atoms with van der Waals surface area (Å²) >= 11 is 0. The van der Waals surface area contributed by atoms with E-state index in [0.29, 0.717) is 5.92 Å². The first-order valence-corrected chi connectivity index (χ1v) is 5.93. The quantitative estimate of drug-likeness (QED) is 0.813. The fraction of sp³-hybridized carbons (Fsp3) is 0.429. The van der Waals surface area contributed by atoms with Crippen molar-refractivity contribution in [3.05, 3.63) is 35.5 Å². The van der Waals surface area contributed by atoms with Crippen molar-refractivity contribution in [2.75, 3.05) is 0 Å². The Morgan fingerprint density at radius 1 is 1.19 bits per heavy atom. The fourth-order valence-electron chi connectivity index (χ4n) is 2.03. The molecule has 86 valence electrons. The second-order valence-electron chi connectivity index (χ2n) is 4.98. The predicted octanol–water partition coefficient (Wildman–Crippen LogP) is 3.18. The Hall–Kier alpha value is -1.28. The summed E-state index contributed by atoms with van der Waals surface area (Å²) in [6.07, 6.45) is 0.908. The van der Waals surface area contributed by atoms with E-state index in [4.69, 9.17) is 5.73 Å². The molecule has 3 N–H and O–H groups in total. The van der Waals surface area contributed by atoms with E-state index in [9.17, 15) is 0 Å². The molecule has 0 radical (unpaired) electrons. The number of fused-ring (bicyclic) bond motifs is 1. The lowest BCUT2D eigenvalue weighted by Gasteiger charge is -2.03. The van der Waals surface area contributed by atoms with E-state index < -0.39 is 0 Å². The van der Waals surface area contributed by atoms with Crippen molar-refractivity contribution >= 4 is 10.9 Å². The molecule has 2 rings (SSSR count). The lowest BCUT2D eigenvalue weighted by molar-refractivity contribution is 0.727. The van der Waals surface area contributed by atoms with Crippen molar-refractivity contribution < 1.29 is 0 Å². The SMILES string of the molecule is CC(N)Cc1cc2cc(C(C)C)ccc2[nH]1. The lowest BCUT2D eigenvalue weighted by Crippen LogP contribution is -2.17. The Balaban J connectivity index is 2.38. The van der Waals surface area contributed by atoms with Crippen LogP contribution in [0.15, 0.2) is 24.3 Å². The number of aromatic amines is 1. The monoisotopic (exact) mass is 216 g/mol. The predicted molar refractivity (Wildman–Crippen MR) is 69.7 cm³/mol. The van der Waals surface area contributed by atoms with Crippen molar-refractivity contribution in [3.63, 3.8) is 0 Å². The number of aromatic nitrogens is 1. The molecule has 1 heterocycles. The molecule has 2 aromatic rings. The molecular weight excluding hydrogens is 196 g/mol. The molecule has 0 bridgehead atoms. The van der Waals surface area contributed by atoms with E-state index in [1.54, 1.807) is 0 Å². The van der Waals surface area contributed by atoms with E-state index >= 15 is 0 Å². The molecule has 1 atom stereocenters. The van der Waals surface area contributed by atoms with Gasteiger partial charge in [0.15, 0.2) is 0 Å². The van der Waals surface area contributed by atoms with Crippen molar-refractivity contribution in [3.8, 4) is 0 Å². The third-order valence-corrected chi connectivity index (χ3v) is 2.91. The highest BCUT2D eigenvalue weighted by atomic mass is 14.7. The van der Waals surface area contributed by atoms with Crippen LogP contribution in [0.2, 0.25) is 0 Å². The number of hydrogen-bond acceptors (Lipinski definition) is 1. The van der Waals surface area contributed by atoms with Crippen molar-refractivity contribution in [2.45, 2.75) is 39.2 Å². The molecule has 1 aromatic carbocycles. The minimum absolute atomic E-state index is 0.206. The van der Waals surface area contributed by atoms with Crippen LogP contribution in [0.5, 0.6) is 0 Å². The maximum absolute atomic E-state index is 5.80. The Morgan fingerprint density at radius 3 is 2.56 bits per heavy atom. The summed E-state index contributed by atoms with van der Waals surface area (Å²) in [5.41, 5.74) is 9.63. The van der Waals surface area contributed by atoms with Crippen LogP contribution in [0.3, 0.4) is 0 Å². The summed E-state index contributed by atoms with van der Waals surface area (Å²) in [7, 11) is 0. The largest absolute Gasteiger partial charge is 0.358 e. The van der Waals surface area contributed by atoms with Crippen LogP contribution in [0, 0.1) is 0 Å². The number of benzene rings is 1. The highest BCUT2D eigenvalue weighted by Gasteiger charge is 2.05. The molecule has 2 heteroatoms. The summed E-state index contributed by atoms with van der Waals surface area (Å²) in [6.45, 7) is 6.47. The first-order chi connectivity index (χ1) is 7.56. The van der Waals surface area contributed by atoms with Crippen LogP contribution in [-0.2, 0) is 6.42 Å². The molecule has 0 fully saturated rings. The number of hydrogen-bond donors (Lipinski definition) is 2. The Bertz CT molecular complexity index is 480. The normalized spacial score (nSPS) is 13.6. The summed E-state index contributed by atoms with van der Waals surface area (Å²) in [5, 5.41) is 1.29. The van der Waals surface area contributed by atoms with Gasteiger partial charge in [-0.15, -0.1) is 0 Å². The molecule has 0 aliphatic heterocycles. The minimum atomic E-state index is 0.206. The first kappa shape index (κ1) is 11.2. The second kappa shape index (κ2) is 4.30. The third kappa shape index (κ3) is 2.27. The van der Waals surface area contributed by atoms with E-state index in [0.717, 1.165) is 6.42 Å². The molecule has 2 nitrogen and oxygen atoms in total. The van der Waals surface area contributed by atoms with Gasteiger partial charge >= 0.3 is 0 Å². The van der Waals surface area contributed by atoms with Crippen LogP contribution in [0.25, 0.3) is 10.9 Å². The summed E-state index contributed by atoms with van der Waals surface area (Å²) < 4.78 is 0. The molecular formula is C14H20N2. The maximum Gasteiger partial charge on any atom is 0.0456 e. The lowest BCUT2D eigenvalue weighted by atomic mass is 10.0. The zero-order valence-corrected chi connectivity index (χ0v) is 10.2. The van der Waals surface area contributed by atoms with E-state index in [1.807, 2.05) is 6.92 Å². The topological polar surface area (TPSA) is 41.8 Å². The Morgan fingerprint density at radius 2 is 1.94 bits per heavy atom. The maximum atomic E-state index is 5.80. The zero-order chi connectivity index (χ0) is 11.7. The van der Waals surface area contributed by atoms with Gasteiger partial charge in [-0.05, 0) is 42.0 Å². The molecule has 16 heavy (non-hydrogen) atoms. The molecule has 0 saturated heterocycles. The van der Waals surface area contributed by atoms with Gasteiger partial charge in [0.05, 0.1) is 0 Å². The number of rotatable bonds is 3. The van der Waals surface area contributed by atoms with Gasteiger partial charge < -0.3 is 10.7 Å². The molecule has 0 amide bonds. The minimum Gasteiger partial charge on any atom is -0.358 e. The Labute approximate surface area is 96.9 Å². The zero-order valence-electron chi connectivity index (χ0n) is 10.2. The van der Waals surface area contributed by atoms with Gasteiger partial charge in [-0.1, -0.05) is 19.9 Å². The fourth-order valence-corrected chi connectivity index (χ4v) is 2.03. The van der Waals surface area contributed by atoms with E-state index in [1.165, 1.54) is 22.2 Å². The van der Waals surface area contributed by atoms with Gasteiger partial charge in [0.25, 0.3) is 0 Å². The van der Waals surface area contributed by atoms with E-state index in [-0.39, 0.29) is 6.04 Å². The summed E-state index contributed by atoms with van der Waals surface area (Å²) in [4.78, 5) is 3.41. The van der Waals surface area contributed by atoms with Gasteiger partial charge in [0, 0.05) is 23.7 Å². The van der Waals surface area contributed by atoms with Crippen LogP contribution >= 0.6 is 0 Å². The highest BCUT2D eigenvalue weighted by Crippen LogP contribution is 2.22. The average Bonchev–Trinajstić information content (AvgIpc) is 2.56. The molecule has 0 aliphatic carbocycles. The average molecular weight is 216 g/mol. The highest BCUT2D eigenvalue weighted by molar-refractivity contribution is 5.81. The smallest absolute Gasteiger partial charge is 0.0456 e. The van der Waals surface area contributed by atoms with Crippen LogP contribution in [-0.4, -0.2) is 11.0 Å². The van der Waals surface area contributed by atoms with Gasteiger partial charge in [-0.2, -0.15) is 0 Å². The van der Waals surface area contributed by atoms with Crippen LogP contribution < -0.4 is 5.73 Å². The van der Waals surface area contributed by atoms with Crippen molar-refractivity contribution in [1.29, 1.82) is 0 Å². The van der Waals surface area contributed by atoms with Crippen LogP contribution in [0.1, 0.15) is 37.9 Å². The van der Waals surface area contributed by atoms with Crippen LogP contribution in [0.4, 0.5) is 0 Å². The summed E-state index contributed by atoms with van der Waals surface area (Å²) in [5.74, 6) is 0.580. The van der Waals surface area contributed by atoms with Gasteiger partial charge in [-0.3, -0.25) is 0 Å². The molecule has 0 spiro atoms. The van der Waals surface area contributed by atoms with Crippen molar-refractivity contribution in [2.24, 2.45) is 5.73 Å². The number of nitrogens with two attached hydrogens (primary N) is 1. The standard InChI is InChI=1S/C14H20N2/c1-9(2)11-4-5-14-12(7-11)8-13(16-14)6-10(3)15/h4-5,7-10,16H,6,15H2,1-3H3. The van der Waals surface area contributed by atoms with Gasteiger partial charge in [0.1, 0.15) is 0 Å². The van der Waals surface area contributed by atoms with Crippen molar-refractivity contribution in [1.82, 2.24) is 4.98 Å². The van der Waals surface area contributed by atoms with E-state index in [2.05, 4.69) is 43.1 Å². The molecule has 0 saturated carbocycles. The molecule has 1 aromatic heterocycles. The molecule has 1 unspecified atom stereocenters. The summed E-state index contributed by atoms with van der Waals surface area (Å²) in [6, 6.07) is 9.04. The number of H-pyrrole nitrogens is 1. The Kier molecular flexibility index (Phi) is 3.01. The first-order valence-electron chi connectivity index (χ1n) is 5.93. The second-order valence-corrected chi connectivity index (χ2v) is 4.98. The van der Waals surface area contributed by atoms with Gasteiger partial charge in [0.2, 0.25) is 0 Å². The molecule has 0 aliphatic rings.